The summed E-state index contributed by atoms with van der Waals surface area (Å²) in [6.07, 6.45) is 21.9. The van der Waals surface area contributed by atoms with Crippen molar-refractivity contribution >= 4 is 5.97 Å². The van der Waals surface area contributed by atoms with Crippen LogP contribution in [-0.4, -0.2) is 12.6 Å². The topological polar surface area (TPSA) is 26.3 Å². The molecule has 0 aromatic heterocycles. The van der Waals surface area contributed by atoms with Crippen LogP contribution >= 0.6 is 0 Å². The SMILES string of the molecule is CCOC(=O)/C=C/C=C(C)/C=C/C=C(C)/C=C/C=C(\C)CCC=C(C)C. The molecule has 0 atom stereocenters. The molecule has 0 aliphatic carbocycles. The lowest BCUT2D eigenvalue weighted by atomic mass is 10.1. The zero-order chi connectivity index (χ0) is 19.8. The molecule has 0 unspecified atom stereocenters. The maximum atomic E-state index is 11.2. The largest absolute Gasteiger partial charge is 0.463 e. The highest BCUT2D eigenvalue weighted by Crippen LogP contribution is 2.07. The molecule has 0 aliphatic heterocycles. The molecule has 0 aliphatic rings. The molecule has 0 radical (unpaired) electrons. The van der Waals surface area contributed by atoms with E-state index in [1.165, 1.54) is 22.8 Å². The van der Waals surface area contributed by atoms with Crippen molar-refractivity contribution in [2.45, 2.75) is 54.4 Å². The smallest absolute Gasteiger partial charge is 0.330 e. The van der Waals surface area contributed by atoms with Gasteiger partial charge in [-0.2, -0.15) is 0 Å². The van der Waals surface area contributed by atoms with Crippen molar-refractivity contribution in [3.63, 3.8) is 0 Å². The van der Waals surface area contributed by atoms with Crippen LogP contribution in [0.5, 0.6) is 0 Å². The molecule has 0 amide bonds. The van der Waals surface area contributed by atoms with Crippen molar-refractivity contribution in [3.05, 3.63) is 83.1 Å². The molecule has 0 aromatic rings. The average molecular weight is 355 g/mol. The highest BCUT2D eigenvalue weighted by Gasteiger charge is 1.90. The summed E-state index contributed by atoms with van der Waals surface area (Å²) in [5, 5.41) is 0. The molecule has 142 valence electrons. The van der Waals surface area contributed by atoms with Gasteiger partial charge in [0.1, 0.15) is 0 Å². The van der Waals surface area contributed by atoms with Crippen molar-refractivity contribution in [1.29, 1.82) is 0 Å². The fourth-order valence-electron chi connectivity index (χ4n) is 1.97. The molecule has 2 heteroatoms. The van der Waals surface area contributed by atoms with E-state index >= 15 is 0 Å². The third-order valence-electron chi connectivity index (χ3n) is 3.43. The standard InChI is InChI=1S/C24H34O2/c1-7-26-24(25)19-11-18-23(6)17-10-16-22(5)15-9-14-21(4)13-8-12-20(2)3/h9-12,14-19H,7-8,13H2,1-6H3/b15-9+,17-10+,19-11+,21-14+,22-16+,23-18+. The number of allylic oxidation sites excluding steroid dienone is 13. The predicted molar refractivity (Wildman–Crippen MR) is 114 cm³/mol. The zero-order valence-electron chi connectivity index (χ0n) is 17.2. The Kier molecular flexibility index (Phi) is 13.6. The first kappa shape index (κ1) is 23.7. The molecule has 0 saturated heterocycles. The molecule has 0 N–H and O–H groups in total. The number of esters is 1. The van der Waals surface area contributed by atoms with E-state index in [9.17, 15) is 4.79 Å². The van der Waals surface area contributed by atoms with E-state index in [4.69, 9.17) is 4.74 Å². The van der Waals surface area contributed by atoms with Crippen LogP contribution in [0, 0.1) is 0 Å². The maximum Gasteiger partial charge on any atom is 0.330 e. The Morgan fingerprint density at radius 1 is 0.808 bits per heavy atom. The molecule has 0 bridgehead atoms. The maximum absolute atomic E-state index is 11.2. The molecule has 26 heavy (non-hydrogen) atoms. The number of hydrogen-bond donors (Lipinski definition) is 0. The van der Waals surface area contributed by atoms with Gasteiger partial charge in [-0.3, -0.25) is 0 Å². The Morgan fingerprint density at radius 2 is 1.35 bits per heavy atom. The molecule has 2 nitrogen and oxygen atoms in total. The van der Waals surface area contributed by atoms with E-state index in [0.29, 0.717) is 6.61 Å². The van der Waals surface area contributed by atoms with Crippen LogP contribution in [0.1, 0.15) is 54.4 Å². The van der Waals surface area contributed by atoms with Gasteiger partial charge in [0.15, 0.2) is 0 Å². The van der Waals surface area contributed by atoms with Crippen LogP contribution in [0.25, 0.3) is 0 Å². The van der Waals surface area contributed by atoms with E-state index in [2.05, 4.69) is 58.1 Å². The average Bonchev–Trinajstić information content (AvgIpc) is 2.54. The second-order valence-corrected chi connectivity index (χ2v) is 6.48. The molecule has 0 aromatic carbocycles. The monoisotopic (exact) mass is 354 g/mol. The van der Waals surface area contributed by atoms with Gasteiger partial charge in [0.2, 0.25) is 0 Å². The fraction of sp³-hybridized carbons (Fsp3) is 0.375. The Labute approximate surface area is 160 Å². The number of rotatable bonds is 10. The first-order valence-corrected chi connectivity index (χ1v) is 9.19. The van der Waals surface area contributed by atoms with Gasteiger partial charge in [-0.15, -0.1) is 0 Å². The van der Waals surface area contributed by atoms with Crippen LogP contribution in [-0.2, 0) is 9.53 Å². The van der Waals surface area contributed by atoms with Crippen molar-refractivity contribution in [2.24, 2.45) is 0 Å². The van der Waals surface area contributed by atoms with E-state index < -0.39 is 0 Å². The van der Waals surface area contributed by atoms with Gasteiger partial charge in [-0.25, -0.2) is 4.79 Å². The summed E-state index contributed by atoms with van der Waals surface area (Å²) in [4.78, 5) is 11.2. The van der Waals surface area contributed by atoms with Crippen LogP contribution in [0.15, 0.2) is 83.1 Å². The van der Waals surface area contributed by atoms with Crippen molar-refractivity contribution in [1.82, 2.24) is 0 Å². The second-order valence-electron chi connectivity index (χ2n) is 6.48. The lowest BCUT2D eigenvalue weighted by Gasteiger charge is -1.96. The summed E-state index contributed by atoms with van der Waals surface area (Å²) in [6.45, 7) is 12.7. The van der Waals surface area contributed by atoms with Crippen molar-refractivity contribution in [2.75, 3.05) is 6.61 Å². The Morgan fingerprint density at radius 3 is 1.88 bits per heavy atom. The third kappa shape index (κ3) is 15.2. The van der Waals surface area contributed by atoms with Crippen LogP contribution in [0.3, 0.4) is 0 Å². The van der Waals surface area contributed by atoms with Crippen LogP contribution in [0.2, 0.25) is 0 Å². The quantitative estimate of drug-likeness (QED) is 0.186. The van der Waals surface area contributed by atoms with E-state index in [0.717, 1.165) is 18.4 Å². The van der Waals surface area contributed by atoms with Gasteiger partial charge < -0.3 is 4.74 Å². The molecule has 0 fully saturated rings. The third-order valence-corrected chi connectivity index (χ3v) is 3.43. The van der Waals surface area contributed by atoms with Crippen molar-refractivity contribution in [3.8, 4) is 0 Å². The summed E-state index contributed by atoms with van der Waals surface area (Å²) in [5.41, 5.74) is 5.01. The van der Waals surface area contributed by atoms with Gasteiger partial charge in [-0.1, -0.05) is 77.0 Å². The number of ether oxygens (including phenoxy) is 1. The predicted octanol–water partition coefficient (Wildman–Crippen LogP) is 6.80. The van der Waals surface area contributed by atoms with E-state index in [-0.39, 0.29) is 5.97 Å². The molecule has 0 heterocycles. The number of carbonyl (C=O) groups is 1. The summed E-state index contributed by atoms with van der Waals surface area (Å²) in [5.74, 6) is -0.314. The van der Waals surface area contributed by atoms with Crippen molar-refractivity contribution < 1.29 is 9.53 Å². The fourth-order valence-corrected chi connectivity index (χ4v) is 1.97. The lowest BCUT2D eigenvalue weighted by Crippen LogP contribution is -1.98. The minimum Gasteiger partial charge on any atom is -0.463 e. The first-order valence-electron chi connectivity index (χ1n) is 9.19. The second kappa shape index (κ2) is 14.9. The van der Waals surface area contributed by atoms with E-state index in [1.807, 2.05) is 25.2 Å². The van der Waals surface area contributed by atoms with E-state index in [1.54, 1.807) is 13.0 Å². The molecule has 0 spiro atoms. The molecular weight excluding hydrogens is 320 g/mol. The highest BCUT2D eigenvalue weighted by molar-refractivity contribution is 5.82. The van der Waals surface area contributed by atoms with Gasteiger partial charge in [0.05, 0.1) is 6.61 Å². The number of hydrogen-bond acceptors (Lipinski definition) is 2. The molecule has 0 rings (SSSR count). The number of carbonyl (C=O) groups excluding carboxylic acids is 1. The van der Waals surface area contributed by atoms with Crippen LogP contribution < -0.4 is 0 Å². The van der Waals surface area contributed by atoms with Crippen LogP contribution in [0.4, 0.5) is 0 Å². The Bertz CT molecular complexity index is 631. The van der Waals surface area contributed by atoms with Gasteiger partial charge in [0, 0.05) is 6.08 Å². The lowest BCUT2D eigenvalue weighted by molar-refractivity contribution is -0.137. The first-order chi connectivity index (χ1) is 12.3. The highest BCUT2D eigenvalue weighted by atomic mass is 16.5. The summed E-state index contributed by atoms with van der Waals surface area (Å²) in [6, 6.07) is 0. The van der Waals surface area contributed by atoms with Gasteiger partial charge in [-0.05, 0) is 54.4 Å². The van der Waals surface area contributed by atoms with Gasteiger partial charge in [0.25, 0.3) is 0 Å². The summed E-state index contributed by atoms with van der Waals surface area (Å²) < 4.78 is 4.82. The summed E-state index contributed by atoms with van der Waals surface area (Å²) in [7, 11) is 0. The zero-order valence-corrected chi connectivity index (χ0v) is 17.2. The van der Waals surface area contributed by atoms with Gasteiger partial charge >= 0.3 is 5.97 Å². The minimum absolute atomic E-state index is 0.314. The Balaban J connectivity index is 4.47. The summed E-state index contributed by atoms with van der Waals surface area (Å²) >= 11 is 0. The molecule has 0 saturated carbocycles. The Hall–Kier alpha value is -2.35. The molecular formula is C24H34O2. The minimum atomic E-state index is -0.314. The normalized spacial score (nSPS) is 13.8.